The first-order valence-electron chi connectivity index (χ1n) is 13.0. The van der Waals surface area contributed by atoms with Gasteiger partial charge in [0, 0.05) is 43.4 Å². The van der Waals surface area contributed by atoms with E-state index in [-0.39, 0.29) is 11.6 Å². The Morgan fingerprint density at radius 3 is 2.88 bits per heavy atom. The van der Waals surface area contributed by atoms with Gasteiger partial charge in [0.25, 0.3) is 0 Å². The molecule has 0 saturated carbocycles. The highest BCUT2D eigenvalue weighted by Gasteiger charge is 2.17. The Bertz CT molecular complexity index is 2000. The highest BCUT2D eigenvalue weighted by Crippen LogP contribution is 2.30. The van der Waals surface area contributed by atoms with Crippen LogP contribution in [0.1, 0.15) is 40.1 Å². The van der Waals surface area contributed by atoms with Crippen LogP contribution in [0.25, 0.3) is 16.6 Å². The molecule has 0 atom stereocenters. The molecule has 4 aromatic heterocycles. The Hall–Kier alpha value is -4.74. The Kier molecular flexibility index (Phi) is 6.66. The van der Waals surface area contributed by atoms with Crippen LogP contribution in [0, 0.1) is 18.8 Å². The lowest BCUT2D eigenvalue weighted by molar-refractivity contribution is 0.405. The van der Waals surface area contributed by atoms with Gasteiger partial charge in [0.2, 0.25) is 5.88 Å². The summed E-state index contributed by atoms with van der Waals surface area (Å²) < 4.78 is 5.09. The Morgan fingerprint density at radius 1 is 1.12 bits per heavy atom. The fourth-order valence-corrected chi connectivity index (χ4v) is 5.43. The number of halogens is 1. The second-order valence-electron chi connectivity index (χ2n) is 9.90. The number of benzene rings is 2. The molecule has 9 heteroatoms. The van der Waals surface area contributed by atoms with Crippen molar-refractivity contribution < 1.29 is 5.11 Å². The van der Waals surface area contributed by atoms with Gasteiger partial charge in [0.05, 0.1) is 22.4 Å². The number of nitrogens with one attached hydrogen (secondary N) is 1. The van der Waals surface area contributed by atoms with Crippen molar-refractivity contribution in [2.75, 3.05) is 0 Å². The number of aromatic amines is 1. The molecule has 6 rings (SSSR count). The standard InChI is InChI=1S/C31H27ClN6O2/c1-20-10-11-21(16-22(20)12-13-24-18-33-28-9-4-14-34-38(24)28)6-5-15-37-30(39)27(35-31(37)40)17-23-19-36(2)29-25(23)7-3-8-26(29)32/h3-4,7-11,14,16,18-19,39H,5-6,15,17H2,1-2H3,(H,35,40). The van der Waals surface area contributed by atoms with Crippen LogP contribution >= 0.6 is 11.6 Å². The van der Waals surface area contributed by atoms with E-state index in [1.54, 1.807) is 16.9 Å². The van der Waals surface area contributed by atoms with E-state index in [0.29, 0.717) is 30.1 Å². The quantitative estimate of drug-likeness (QED) is 0.285. The third kappa shape index (κ3) is 4.76. The normalized spacial score (nSPS) is 11.3. The molecule has 0 saturated heterocycles. The molecule has 40 heavy (non-hydrogen) atoms. The minimum atomic E-state index is -0.317. The molecule has 4 heterocycles. The van der Waals surface area contributed by atoms with Gasteiger partial charge < -0.3 is 14.7 Å². The van der Waals surface area contributed by atoms with Gasteiger partial charge in [-0.3, -0.25) is 4.57 Å². The average Bonchev–Trinajstić information content (AvgIpc) is 3.59. The maximum atomic E-state index is 12.7. The summed E-state index contributed by atoms with van der Waals surface area (Å²) in [6.45, 7) is 2.42. The smallest absolute Gasteiger partial charge is 0.328 e. The molecule has 0 amide bonds. The number of aromatic nitrogens is 6. The van der Waals surface area contributed by atoms with Gasteiger partial charge in [-0.25, -0.2) is 14.3 Å². The van der Waals surface area contributed by atoms with Crippen LogP contribution in [0.2, 0.25) is 5.02 Å². The van der Waals surface area contributed by atoms with Crippen molar-refractivity contribution in [2.45, 2.75) is 32.7 Å². The molecule has 0 aliphatic carbocycles. The van der Waals surface area contributed by atoms with E-state index in [1.165, 1.54) is 4.57 Å². The lowest BCUT2D eigenvalue weighted by Crippen LogP contribution is -2.17. The van der Waals surface area contributed by atoms with Gasteiger partial charge in [-0.05, 0) is 66.6 Å². The van der Waals surface area contributed by atoms with Gasteiger partial charge in [-0.1, -0.05) is 41.8 Å². The number of hydrogen-bond donors (Lipinski definition) is 2. The summed E-state index contributed by atoms with van der Waals surface area (Å²) >= 11 is 6.38. The number of imidazole rings is 2. The third-order valence-electron chi connectivity index (χ3n) is 7.18. The zero-order valence-corrected chi connectivity index (χ0v) is 22.9. The van der Waals surface area contributed by atoms with Crippen LogP contribution in [0.3, 0.4) is 0 Å². The topological polar surface area (TPSA) is 93.1 Å². The molecule has 0 bridgehead atoms. The van der Waals surface area contributed by atoms with E-state index in [4.69, 9.17) is 11.6 Å². The van der Waals surface area contributed by atoms with Crippen molar-refractivity contribution in [3.05, 3.63) is 116 Å². The first-order valence-corrected chi connectivity index (χ1v) is 13.4. The molecule has 200 valence electrons. The fourth-order valence-electron chi connectivity index (χ4n) is 5.12. The van der Waals surface area contributed by atoms with Gasteiger partial charge in [-0.15, -0.1) is 0 Å². The van der Waals surface area contributed by atoms with E-state index in [9.17, 15) is 9.90 Å². The Morgan fingerprint density at radius 2 is 2.00 bits per heavy atom. The fraction of sp³-hybridized carbons (Fsp3) is 0.194. The largest absolute Gasteiger partial charge is 0.493 e. The van der Waals surface area contributed by atoms with Crippen LogP contribution in [0.15, 0.2) is 71.9 Å². The molecule has 0 radical (unpaired) electrons. The SMILES string of the molecule is Cc1ccc(CCCn2c(O)c(Cc3cn(C)c4c(Cl)cccc34)[nH]c2=O)cc1C#Cc1cnc2cccnn12. The molecule has 0 spiro atoms. The van der Waals surface area contributed by atoms with E-state index in [2.05, 4.69) is 45.1 Å². The number of hydrogen-bond acceptors (Lipinski definition) is 4. The maximum absolute atomic E-state index is 12.7. The van der Waals surface area contributed by atoms with Crippen molar-refractivity contribution >= 4 is 28.2 Å². The van der Waals surface area contributed by atoms with Gasteiger partial charge >= 0.3 is 5.69 Å². The number of aromatic hydroxyl groups is 1. The number of para-hydroxylation sites is 1. The zero-order chi connectivity index (χ0) is 27.8. The second kappa shape index (κ2) is 10.4. The summed E-state index contributed by atoms with van der Waals surface area (Å²) in [6, 6.07) is 15.7. The number of aryl methyl sites for hydroxylation is 3. The first kappa shape index (κ1) is 25.5. The number of fused-ring (bicyclic) bond motifs is 2. The maximum Gasteiger partial charge on any atom is 0.328 e. The van der Waals surface area contributed by atoms with Gasteiger partial charge in [-0.2, -0.15) is 5.10 Å². The summed E-state index contributed by atoms with van der Waals surface area (Å²) in [5, 5.41) is 16.9. The molecule has 0 aliphatic heterocycles. The zero-order valence-electron chi connectivity index (χ0n) is 22.1. The predicted octanol–water partition coefficient (Wildman–Crippen LogP) is 5.00. The number of H-pyrrole nitrogens is 1. The number of nitrogens with zero attached hydrogens (tertiary/aromatic N) is 5. The van der Waals surface area contributed by atoms with E-state index in [0.717, 1.165) is 50.9 Å². The summed E-state index contributed by atoms with van der Waals surface area (Å²) in [6.07, 6.45) is 7.23. The molecule has 6 aromatic rings. The van der Waals surface area contributed by atoms with Crippen LogP contribution < -0.4 is 5.69 Å². The minimum absolute atomic E-state index is 0.0267. The van der Waals surface area contributed by atoms with Crippen molar-refractivity contribution in [3.8, 4) is 17.7 Å². The molecule has 0 aliphatic rings. The predicted molar refractivity (Wildman–Crippen MR) is 156 cm³/mol. The first-order chi connectivity index (χ1) is 19.4. The van der Waals surface area contributed by atoms with Crippen LogP contribution in [-0.2, 0) is 26.4 Å². The summed E-state index contributed by atoms with van der Waals surface area (Å²) in [4.78, 5) is 19.9. The van der Waals surface area contributed by atoms with Crippen molar-refractivity contribution in [2.24, 2.45) is 7.05 Å². The molecule has 2 N–H and O–H groups in total. The average molecular weight is 551 g/mol. The lowest BCUT2D eigenvalue weighted by Gasteiger charge is -2.06. The summed E-state index contributed by atoms with van der Waals surface area (Å²) in [5.74, 6) is 6.41. The second-order valence-corrected chi connectivity index (χ2v) is 10.3. The highest BCUT2D eigenvalue weighted by atomic mass is 35.5. The highest BCUT2D eigenvalue weighted by molar-refractivity contribution is 6.35. The van der Waals surface area contributed by atoms with Crippen molar-refractivity contribution in [3.63, 3.8) is 0 Å². The van der Waals surface area contributed by atoms with E-state index < -0.39 is 0 Å². The third-order valence-corrected chi connectivity index (χ3v) is 7.49. The molecule has 0 unspecified atom stereocenters. The molecular weight excluding hydrogens is 524 g/mol. The lowest BCUT2D eigenvalue weighted by atomic mass is 10.0. The Labute approximate surface area is 235 Å². The van der Waals surface area contributed by atoms with E-state index in [1.807, 2.05) is 55.1 Å². The van der Waals surface area contributed by atoms with Crippen LogP contribution in [0.4, 0.5) is 0 Å². The Balaban J connectivity index is 1.16. The van der Waals surface area contributed by atoms with Gasteiger partial charge in [0.15, 0.2) is 5.65 Å². The van der Waals surface area contributed by atoms with Crippen LogP contribution in [-0.4, -0.2) is 33.8 Å². The monoisotopic (exact) mass is 550 g/mol. The minimum Gasteiger partial charge on any atom is -0.493 e. The van der Waals surface area contributed by atoms with Crippen LogP contribution in [0.5, 0.6) is 5.88 Å². The molecule has 0 fully saturated rings. The van der Waals surface area contributed by atoms with Gasteiger partial charge in [0.1, 0.15) is 5.69 Å². The molecule has 2 aromatic carbocycles. The molecule has 8 nitrogen and oxygen atoms in total. The summed E-state index contributed by atoms with van der Waals surface area (Å²) in [7, 11) is 1.94. The van der Waals surface area contributed by atoms with Crippen molar-refractivity contribution in [1.29, 1.82) is 0 Å². The molecular formula is C31H27ClN6O2. The number of rotatable bonds is 6. The van der Waals surface area contributed by atoms with Crippen molar-refractivity contribution in [1.82, 2.24) is 28.7 Å². The summed E-state index contributed by atoms with van der Waals surface area (Å²) in [5.41, 5.74) is 6.70. The van der Waals surface area contributed by atoms with E-state index >= 15 is 0 Å².